The second kappa shape index (κ2) is 10.8. The summed E-state index contributed by atoms with van der Waals surface area (Å²) in [6, 6.07) is 17.1. The van der Waals surface area contributed by atoms with Gasteiger partial charge in [0.15, 0.2) is 5.17 Å². The van der Waals surface area contributed by atoms with Crippen LogP contribution in [0.1, 0.15) is 11.1 Å². The molecule has 2 aliphatic heterocycles. The number of nitrogens with zero attached hydrogens (tertiary/aromatic N) is 5. The van der Waals surface area contributed by atoms with E-state index < -0.39 is 0 Å². The number of morpholine rings is 1. The maximum atomic E-state index is 13.3. The van der Waals surface area contributed by atoms with E-state index in [0.29, 0.717) is 42.9 Å². The molecular weight excluding hydrogens is 480 g/mol. The van der Waals surface area contributed by atoms with Crippen LogP contribution < -0.4 is 20.0 Å². The Hall–Kier alpha value is -3.96. The number of hydrogen-bond donors (Lipinski definition) is 1. The monoisotopic (exact) mass is 505 g/mol. The van der Waals surface area contributed by atoms with Gasteiger partial charge in [-0.05, 0) is 30.7 Å². The SMILES string of the molecule is Cc1ccc(/C=C2/N=C(SCC(=O)Nc3c[n+](N4CCOCC4)no3)N(c3ccccc3)C2=O)cc1. The van der Waals surface area contributed by atoms with Crippen LogP contribution in [0.3, 0.4) is 0 Å². The largest absolute Gasteiger partial charge is 0.377 e. The Morgan fingerprint density at radius 1 is 1.14 bits per heavy atom. The zero-order chi connectivity index (χ0) is 24.9. The van der Waals surface area contributed by atoms with Crippen LogP contribution in [-0.4, -0.2) is 54.3 Å². The minimum absolute atomic E-state index is 0.0332. The summed E-state index contributed by atoms with van der Waals surface area (Å²) in [6.07, 6.45) is 3.37. The normalized spacial score (nSPS) is 17.0. The smallest absolute Gasteiger partial charge is 0.305 e. The van der Waals surface area contributed by atoms with E-state index in [4.69, 9.17) is 9.26 Å². The Kier molecular flexibility index (Phi) is 7.10. The number of nitrogens with one attached hydrogen (secondary N) is 1. The molecule has 36 heavy (non-hydrogen) atoms. The predicted molar refractivity (Wildman–Crippen MR) is 137 cm³/mol. The van der Waals surface area contributed by atoms with Gasteiger partial charge in [0.2, 0.25) is 11.2 Å². The maximum Gasteiger partial charge on any atom is 0.305 e. The Bertz CT molecular complexity index is 1300. The number of benzene rings is 2. The molecule has 0 spiro atoms. The summed E-state index contributed by atoms with van der Waals surface area (Å²) in [4.78, 5) is 33.6. The van der Waals surface area contributed by atoms with Gasteiger partial charge in [-0.1, -0.05) is 59.8 Å². The standard InChI is InChI=1S/C25H24N6O4S/c1-18-7-9-19(10-8-18)15-21-24(33)31(20-5-3-2-4-6-20)25(26-21)36-17-22(32)27-23-16-30(28-35-23)29-11-13-34-14-12-29/h2-10,15-16H,11-14,17H2,1H3/p+1/b21-15+. The van der Waals surface area contributed by atoms with Crippen molar-refractivity contribution in [1.82, 2.24) is 5.27 Å². The van der Waals surface area contributed by atoms with Crippen molar-refractivity contribution in [2.75, 3.05) is 47.3 Å². The number of amides is 2. The Balaban J connectivity index is 1.29. The van der Waals surface area contributed by atoms with Crippen molar-refractivity contribution in [2.45, 2.75) is 6.92 Å². The lowest BCUT2D eigenvalue weighted by molar-refractivity contribution is -0.759. The third-order valence-electron chi connectivity index (χ3n) is 5.55. The van der Waals surface area contributed by atoms with E-state index in [1.165, 1.54) is 16.7 Å². The molecule has 5 rings (SSSR count). The first kappa shape index (κ1) is 23.8. The maximum absolute atomic E-state index is 13.3. The predicted octanol–water partition coefficient (Wildman–Crippen LogP) is 2.35. The van der Waals surface area contributed by atoms with Gasteiger partial charge in [0.25, 0.3) is 12.1 Å². The Morgan fingerprint density at radius 2 is 1.89 bits per heavy atom. The molecule has 11 heteroatoms. The highest BCUT2D eigenvalue weighted by molar-refractivity contribution is 8.14. The number of carbonyl (C=O) groups is 2. The lowest BCUT2D eigenvalue weighted by Crippen LogP contribution is -2.62. The molecule has 1 saturated heterocycles. The van der Waals surface area contributed by atoms with E-state index in [9.17, 15) is 9.59 Å². The van der Waals surface area contributed by atoms with E-state index in [0.717, 1.165) is 11.1 Å². The molecule has 3 aromatic rings. The van der Waals surface area contributed by atoms with Gasteiger partial charge in [0.1, 0.15) is 5.70 Å². The number of rotatable bonds is 6. The van der Waals surface area contributed by atoms with Gasteiger partial charge < -0.3 is 4.74 Å². The van der Waals surface area contributed by atoms with Gasteiger partial charge in [-0.25, -0.2) is 4.99 Å². The minimum Gasteiger partial charge on any atom is -0.377 e. The molecule has 1 N–H and O–H groups in total. The second-order valence-electron chi connectivity index (χ2n) is 8.20. The van der Waals surface area contributed by atoms with Crippen molar-refractivity contribution in [3.63, 3.8) is 0 Å². The number of carbonyl (C=O) groups excluding carboxylic acids is 2. The third kappa shape index (κ3) is 5.47. The van der Waals surface area contributed by atoms with Crippen LogP contribution in [0.15, 0.2) is 76.0 Å². The van der Waals surface area contributed by atoms with Crippen LogP contribution in [0.25, 0.3) is 6.08 Å². The molecule has 0 bridgehead atoms. The molecular formula is C25H25N6O4S+. The first-order valence-electron chi connectivity index (χ1n) is 11.5. The number of anilines is 2. The van der Waals surface area contributed by atoms with Crippen molar-refractivity contribution >= 4 is 46.4 Å². The van der Waals surface area contributed by atoms with E-state index >= 15 is 0 Å². The van der Waals surface area contributed by atoms with Crippen LogP contribution in [0, 0.1) is 6.92 Å². The fourth-order valence-electron chi connectivity index (χ4n) is 3.71. The van der Waals surface area contributed by atoms with Gasteiger partial charge in [-0.3, -0.25) is 24.3 Å². The fourth-order valence-corrected chi connectivity index (χ4v) is 4.52. The van der Waals surface area contributed by atoms with Crippen LogP contribution in [-0.2, 0) is 14.3 Å². The molecule has 2 amide bonds. The number of aliphatic imine (C=N–C) groups is 1. The Morgan fingerprint density at radius 3 is 2.64 bits per heavy atom. The molecule has 1 fully saturated rings. The molecule has 2 aliphatic rings. The summed E-state index contributed by atoms with van der Waals surface area (Å²) in [5.41, 5.74) is 3.01. The van der Waals surface area contributed by atoms with Gasteiger partial charge in [0.05, 0.1) is 42.5 Å². The third-order valence-corrected chi connectivity index (χ3v) is 6.49. The summed E-state index contributed by atoms with van der Waals surface area (Å²) in [5, 5.41) is 9.05. The van der Waals surface area contributed by atoms with Crippen molar-refractivity contribution in [3.05, 3.63) is 77.6 Å². The quantitative estimate of drug-likeness (QED) is 0.405. The highest BCUT2D eigenvalue weighted by Crippen LogP contribution is 2.29. The van der Waals surface area contributed by atoms with Gasteiger partial charge in [0, 0.05) is 0 Å². The fraction of sp³-hybridized carbons (Fsp3) is 0.240. The number of hydrogen-bond acceptors (Lipinski definition) is 8. The highest BCUT2D eigenvalue weighted by atomic mass is 32.2. The zero-order valence-corrected chi connectivity index (χ0v) is 20.5. The first-order valence-corrected chi connectivity index (χ1v) is 12.5. The van der Waals surface area contributed by atoms with Gasteiger partial charge >= 0.3 is 5.88 Å². The summed E-state index contributed by atoms with van der Waals surface area (Å²) in [6.45, 7) is 4.59. The molecule has 184 valence electrons. The van der Waals surface area contributed by atoms with Crippen LogP contribution in [0.5, 0.6) is 0 Å². The molecule has 0 radical (unpaired) electrons. The number of ether oxygens (including phenoxy) is 1. The van der Waals surface area contributed by atoms with Gasteiger partial charge in [-0.15, -0.1) is 5.01 Å². The number of thioether (sulfide) groups is 1. The number of amidine groups is 1. The molecule has 3 heterocycles. The Labute approximate surface area is 212 Å². The van der Waals surface area contributed by atoms with Crippen LogP contribution >= 0.6 is 11.8 Å². The molecule has 0 saturated carbocycles. The van der Waals surface area contributed by atoms with Gasteiger partial charge in [-0.2, -0.15) is 0 Å². The van der Waals surface area contributed by atoms with Crippen molar-refractivity contribution in [3.8, 4) is 0 Å². The zero-order valence-electron chi connectivity index (χ0n) is 19.7. The van der Waals surface area contributed by atoms with Crippen LogP contribution in [0.4, 0.5) is 11.6 Å². The molecule has 2 aromatic carbocycles. The molecule has 1 aromatic heterocycles. The number of para-hydroxylation sites is 1. The summed E-state index contributed by atoms with van der Waals surface area (Å²) >= 11 is 1.18. The topological polar surface area (TPSA) is 104 Å². The lowest BCUT2D eigenvalue weighted by Gasteiger charge is -2.18. The second-order valence-corrected chi connectivity index (χ2v) is 9.14. The molecule has 0 aliphatic carbocycles. The highest BCUT2D eigenvalue weighted by Gasteiger charge is 2.32. The van der Waals surface area contributed by atoms with Crippen LogP contribution in [0.2, 0.25) is 0 Å². The average Bonchev–Trinajstić information content (AvgIpc) is 3.49. The van der Waals surface area contributed by atoms with E-state index in [-0.39, 0.29) is 23.5 Å². The molecule has 0 unspecified atom stereocenters. The molecule has 0 atom stereocenters. The number of aryl methyl sites for hydroxylation is 1. The van der Waals surface area contributed by atoms with Crippen molar-refractivity contribution in [1.29, 1.82) is 0 Å². The summed E-state index contributed by atoms with van der Waals surface area (Å²) in [7, 11) is 0. The van der Waals surface area contributed by atoms with E-state index in [1.807, 2.05) is 66.5 Å². The van der Waals surface area contributed by atoms with Crippen molar-refractivity contribution < 1.29 is 23.6 Å². The first-order chi connectivity index (χ1) is 17.6. The summed E-state index contributed by atoms with van der Waals surface area (Å²) < 4.78 is 10.6. The van der Waals surface area contributed by atoms with E-state index in [1.54, 1.807) is 17.1 Å². The average molecular weight is 506 g/mol. The number of aromatic nitrogens is 2. The lowest BCUT2D eigenvalue weighted by atomic mass is 10.1. The molecule has 10 nitrogen and oxygen atoms in total. The van der Waals surface area contributed by atoms with E-state index in [2.05, 4.69) is 15.6 Å². The summed E-state index contributed by atoms with van der Waals surface area (Å²) in [5.74, 6) is -0.279. The van der Waals surface area contributed by atoms with Crippen molar-refractivity contribution in [2.24, 2.45) is 4.99 Å². The minimum atomic E-state index is -0.301.